The van der Waals surface area contributed by atoms with Crippen molar-refractivity contribution < 1.29 is 8.78 Å². The van der Waals surface area contributed by atoms with Gasteiger partial charge < -0.3 is 5.32 Å². The van der Waals surface area contributed by atoms with Crippen LogP contribution < -0.4 is 5.32 Å². The maximum absolute atomic E-state index is 13.3. The summed E-state index contributed by atoms with van der Waals surface area (Å²) in [6, 6.07) is 2.26. The van der Waals surface area contributed by atoms with E-state index in [4.69, 9.17) is 11.6 Å². The Labute approximate surface area is 113 Å². The van der Waals surface area contributed by atoms with Gasteiger partial charge in [0.1, 0.15) is 0 Å². The van der Waals surface area contributed by atoms with Crippen molar-refractivity contribution in [3.8, 4) is 0 Å². The van der Waals surface area contributed by atoms with Crippen molar-refractivity contribution in [2.45, 2.75) is 45.6 Å². The van der Waals surface area contributed by atoms with Crippen molar-refractivity contribution in [2.24, 2.45) is 0 Å². The van der Waals surface area contributed by atoms with E-state index in [1.54, 1.807) is 0 Å². The Hall–Kier alpha value is -0.670. The first-order chi connectivity index (χ1) is 8.60. The molecule has 102 valence electrons. The van der Waals surface area contributed by atoms with E-state index in [2.05, 4.69) is 19.2 Å². The molecule has 0 spiro atoms. The van der Waals surface area contributed by atoms with Crippen LogP contribution in [0.4, 0.5) is 8.78 Å². The zero-order chi connectivity index (χ0) is 13.5. The predicted octanol–water partition coefficient (Wildman–Crippen LogP) is 4.85. The van der Waals surface area contributed by atoms with Gasteiger partial charge in [-0.3, -0.25) is 0 Å². The van der Waals surface area contributed by atoms with Gasteiger partial charge in [-0.05, 0) is 37.1 Å². The lowest BCUT2D eigenvalue weighted by Gasteiger charge is -2.20. The largest absolute Gasteiger partial charge is 0.310 e. The fourth-order valence-electron chi connectivity index (χ4n) is 1.90. The Morgan fingerprint density at radius 2 is 1.83 bits per heavy atom. The molecule has 0 amide bonds. The lowest BCUT2D eigenvalue weighted by molar-refractivity contribution is 0.469. The van der Waals surface area contributed by atoms with E-state index >= 15 is 0 Å². The molecule has 1 aromatic carbocycles. The summed E-state index contributed by atoms with van der Waals surface area (Å²) in [5.41, 5.74) is 0.650. The normalized spacial score (nSPS) is 12.7. The van der Waals surface area contributed by atoms with Gasteiger partial charge in [0.05, 0.1) is 0 Å². The molecule has 0 radical (unpaired) electrons. The first-order valence-electron chi connectivity index (χ1n) is 6.48. The smallest absolute Gasteiger partial charge is 0.160 e. The van der Waals surface area contributed by atoms with E-state index < -0.39 is 11.6 Å². The number of nitrogens with one attached hydrogen (secondary N) is 1. The molecule has 1 rings (SSSR count). The third-order valence-electron chi connectivity index (χ3n) is 2.90. The minimum Gasteiger partial charge on any atom is -0.310 e. The molecule has 18 heavy (non-hydrogen) atoms. The predicted molar refractivity (Wildman–Crippen MR) is 71.9 cm³/mol. The Balaban J connectivity index is 2.92. The molecule has 1 N–H and O–H groups in total. The molecule has 0 fully saturated rings. The van der Waals surface area contributed by atoms with Gasteiger partial charge in [0, 0.05) is 11.1 Å². The first-order valence-corrected chi connectivity index (χ1v) is 6.85. The molecule has 0 aromatic heterocycles. The van der Waals surface area contributed by atoms with Gasteiger partial charge in [-0.1, -0.05) is 38.3 Å². The van der Waals surface area contributed by atoms with E-state index in [1.165, 1.54) is 6.07 Å². The summed E-state index contributed by atoms with van der Waals surface area (Å²) in [4.78, 5) is 0. The molecule has 0 aliphatic rings. The van der Waals surface area contributed by atoms with Crippen LogP contribution >= 0.6 is 11.6 Å². The van der Waals surface area contributed by atoms with Crippen molar-refractivity contribution in [1.29, 1.82) is 0 Å². The Morgan fingerprint density at radius 3 is 2.44 bits per heavy atom. The minimum atomic E-state index is -0.895. The molecule has 1 nitrogen and oxygen atoms in total. The molecular formula is C14H20ClF2N. The summed E-state index contributed by atoms with van der Waals surface area (Å²) in [6.45, 7) is 5.00. The number of benzene rings is 1. The van der Waals surface area contributed by atoms with Crippen LogP contribution in [-0.4, -0.2) is 6.54 Å². The number of unbranched alkanes of at least 4 members (excludes halogenated alkanes) is 1. The van der Waals surface area contributed by atoms with Crippen molar-refractivity contribution in [1.82, 2.24) is 5.32 Å². The zero-order valence-electron chi connectivity index (χ0n) is 10.9. The van der Waals surface area contributed by atoms with E-state index in [-0.39, 0.29) is 6.04 Å². The van der Waals surface area contributed by atoms with E-state index in [0.29, 0.717) is 10.6 Å². The van der Waals surface area contributed by atoms with Gasteiger partial charge >= 0.3 is 0 Å². The SMILES string of the molecule is CCCCC(NCCC)c1cc(F)c(F)cc1Cl. The molecule has 0 aliphatic carbocycles. The van der Waals surface area contributed by atoms with Crippen LogP contribution in [0.2, 0.25) is 5.02 Å². The average molecular weight is 276 g/mol. The third kappa shape index (κ3) is 4.21. The highest BCUT2D eigenvalue weighted by atomic mass is 35.5. The highest BCUT2D eigenvalue weighted by Crippen LogP contribution is 2.28. The maximum atomic E-state index is 13.3. The lowest BCUT2D eigenvalue weighted by Crippen LogP contribution is -2.22. The van der Waals surface area contributed by atoms with Crippen molar-refractivity contribution in [3.63, 3.8) is 0 Å². The van der Waals surface area contributed by atoms with Gasteiger partial charge in [0.15, 0.2) is 11.6 Å². The molecule has 1 atom stereocenters. The molecule has 0 saturated heterocycles. The van der Waals surface area contributed by atoms with Gasteiger partial charge in [0.25, 0.3) is 0 Å². The highest BCUT2D eigenvalue weighted by Gasteiger charge is 2.16. The summed E-state index contributed by atoms with van der Waals surface area (Å²) in [6.07, 6.45) is 3.95. The fraction of sp³-hybridized carbons (Fsp3) is 0.571. The number of halogens is 3. The molecule has 1 unspecified atom stereocenters. The summed E-state index contributed by atoms with van der Waals surface area (Å²) < 4.78 is 26.3. The summed E-state index contributed by atoms with van der Waals surface area (Å²) in [5.74, 6) is -1.73. The van der Waals surface area contributed by atoms with Gasteiger partial charge in [-0.25, -0.2) is 8.78 Å². The Morgan fingerprint density at radius 1 is 1.17 bits per heavy atom. The van der Waals surface area contributed by atoms with Crippen LogP contribution in [0.3, 0.4) is 0 Å². The van der Waals surface area contributed by atoms with Crippen molar-refractivity contribution >= 4 is 11.6 Å². The Bertz CT molecular complexity index is 374. The van der Waals surface area contributed by atoms with Gasteiger partial charge in [-0.2, -0.15) is 0 Å². The molecule has 4 heteroatoms. The molecule has 0 bridgehead atoms. The molecule has 0 aliphatic heterocycles. The third-order valence-corrected chi connectivity index (χ3v) is 3.23. The maximum Gasteiger partial charge on any atom is 0.160 e. The second kappa shape index (κ2) is 7.70. The molecule has 1 aromatic rings. The lowest BCUT2D eigenvalue weighted by atomic mass is 10.0. The van der Waals surface area contributed by atoms with Gasteiger partial charge in [0.2, 0.25) is 0 Å². The van der Waals surface area contributed by atoms with E-state index in [0.717, 1.165) is 38.3 Å². The van der Waals surface area contributed by atoms with E-state index in [9.17, 15) is 8.78 Å². The van der Waals surface area contributed by atoms with E-state index in [1.807, 2.05) is 0 Å². The quantitative estimate of drug-likeness (QED) is 0.702. The van der Waals surface area contributed by atoms with Gasteiger partial charge in [-0.15, -0.1) is 0 Å². The molecular weight excluding hydrogens is 256 g/mol. The average Bonchev–Trinajstić information content (AvgIpc) is 2.35. The van der Waals surface area contributed by atoms with Crippen LogP contribution in [0.15, 0.2) is 12.1 Å². The van der Waals surface area contributed by atoms with Crippen LogP contribution in [0.25, 0.3) is 0 Å². The summed E-state index contributed by atoms with van der Waals surface area (Å²) >= 11 is 6.01. The van der Waals surface area contributed by atoms with Crippen molar-refractivity contribution in [2.75, 3.05) is 6.54 Å². The number of rotatable bonds is 7. The first kappa shape index (κ1) is 15.4. The standard InChI is InChI=1S/C14H20ClF2N/c1-3-5-6-14(18-7-4-2)10-8-12(16)13(17)9-11(10)15/h8-9,14,18H,3-7H2,1-2H3. The van der Waals surface area contributed by atoms with Crippen LogP contribution in [0.5, 0.6) is 0 Å². The summed E-state index contributed by atoms with van der Waals surface area (Å²) in [7, 11) is 0. The highest BCUT2D eigenvalue weighted by molar-refractivity contribution is 6.31. The molecule has 0 saturated carbocycles. The molecule has 0 heterocycles. The van der Waals surface area contributed by atoms with Crippen LogP contribution in [0.1, 0.15) is 51.1 Å². The van der Waals surface area contributed by atoms with Crippen molar-refractivity contribution in [3.05, 3.63) is 34.4 Å². The second-order valence-corrected chi connectivity index (χ2v) is 4.84. The van der Waals surface area contributed by atoms with Crippen LogP contribution in [-0.2, 0) is 0 Å². The topological polar surface area (TPSA) is 12.0 Å². The second-order valence-electron chi connectivity index (χ2n) is 4.44. The number of hydrogen-bond acceptors (Lipinski definition) is 1. The summed E-state index contributed by atoms with van der Waals surface area (Å²) in [5, 5.41) is 3.62. The van der Waals surface area contributed by atoms with Crippen LogP contribution in [0, 0.1) is 11.6 Å². The monoisotopic (exact) mass is 275 g/mol. The number of hydrogen-bond donors (Lipinski definition) is 1. The fourth-order valence-corrected chi connectivity index (χ4v) is 2.18. The Kier molecular flexibility index (Phi) is 6.58. The zero-order valence-corrected chi connectivity index (χ0v) is 11.7. The minimum absolute atomic E-state index is 0.00694.